The highest BCUT2D eigenvalue weighted by Crippen LogP contribution is 2.29. The number of para-hydroxylation sites is 1. The van der Waals surface area contributed by atoms with Gasteiger partial charge in [0.05, 0.1) is 5.69 Å². The van der Waals surface area contributed by atoms with Gasteiger partial charge >= 0.3 is 12.1 Å². The van der Waals surface area contributed by atoms with Crippen molar-refractivity contribution in [3.05, 3.63) is 66.1 Å². The molecule has 6 nitrogen and oxygen atoms in total. The van der Waals surface area contributed by atoms with E-state index in [1.165, 1.54) is 24.3 Å². The maximum atomic E-state index is 12.5. The van der Waals surface area contributed by atoms with Gasteiger partial charge < -0.3 is 4.52 Å². The predicted molar refractivity (Wildman–Crippen MR) is 82.3 cm³/mol. The van der Waals surface area contributed by atoms with Crippen LogP contribution in [0.3, 0.4) is 0 Å². The molecule has 0 bridgehead atoms. The number of nitrogens with one attached hydrogen (secondary N) is 2. The normalized spacial score (nSPS) is 11.2. The minimum atomic E-state index is -4.70. The molecule has 2 N–H and O–H groups in total. The van der Waals surface area contributed by atoms with Crippen LogP contribution in [0.5, 0.6) is 0 Å². The summed E-state index contributed by atoms with van der Waals surface area (Å²) in [5.41, 5.74) is 6.57. The summed E-state index contributed by atoms with van der Waals surface area (Å²) in [6.45, 7) is 0. The third-order valence-electron chi connectivity index (χ3n) is 3.17. The number of nitrogens with zero attached hydrogens (tertiary/aromatic N) is 2. The number of hydrogen-bond donors (Lipinski definition) is 2. The van der Waals surface area contributed by atoms with Crippen molar-refractivity contribution in [2.75, 3.05) is 5.43 Å². The molecule has 128 valence electrons. The minimum Gasteiger partial charge on any atom is -0.329 e. The first kappa shape index (κ1) is 16.5. The van der Waals surface area contributed by atoms with Gasteiger partial charge in [-0.1, -0.05) is 35.5 Å². The van der Waals surface area contributed by atoms with Crippen molar-refractivity contribution < 1.29 is 22.5 Å². The summed E-state index contributed by atoms with van der Waals surface area (Å²) >= 11 is 0. The Morgan fingerprint density at radius 2 is 1.68 bits per heavy atom. The fourth-order valence-electron chi connectivity index (χ4n) is 1.95. The fraction of sp³-hybridized carbons (Fsp3) is 0.0625. The van der Waals surface area contributed by atoms with Crippen LogP contribution in [0.4, 0.5) is 18.9 Å². The Kier molecular flexibility index (Phi) is 4.38. The van der Waals surface area contributed by atoms with Crippen molar-refractivity contribution in [2.24, 2.45) is 0 Å². The Morgan fingerprint density at radius 3 is 2.28 bits per heavy atom. The molecule has 0 saturated heterocycles. The van der Waals surface area contributed by atoms with Gasteiger partial charge in [0.25, 0.3) is 5.91 Å². The van der Waals surface area contributed by atoms with Crippen molar-refractivity contribution in [3.63, 3.8) is 0 Å². The van der Waals surface area contributed by atoms with Crippen LogP contribution in [0.15, 0.2) is 59.1 Å². The molecule has 0 saturated carbocycles. The van der Waals surface area contributed by atoms with Gasteiger partial charge in [-0.3, -0.25) is 15.6 Å². The molecule has 1 aromatic heterocycles. The number of benzene rings is 2. The number of aromatic nitrogens is 2. The summed E-state index contributed by atoms with van der Waals surface area (Å²) in [5.74, 6) is -2.03. The highest BCUT2D eigenvalue weighted by molar-refractivity contribution is 5.95. The largest absolute Gasteiger partial charge is 0.471 e. The van der Waals surface area contributed by atoms with Gasteiger partial charge in [-0.2, -0.15) is 18.2 Å². The van der Waals surface area contributed by atoms with Crippen LogP contribution in [0.1, 0.15) is 16.2 Å². The average Bonchev–Trinajstić information content (AvgIpc) is 3.11. The number of carbonyl (C=O) groups excluding carboxylic acids is 1. The van der Waals surface area contributed by atoms with E-state index in [2.05, 4.69) is 25.5 Å². The molecular weight excluding hydrogens is 337 g/mol. The van der Waals surface area contributed by atoms with Crippen molar-refractivity contribution in [2.45, 2.75) is 6.18 Å². The first-order valence-electron chi connectivity index (χ1n) is 7.06. The lowest BCUT2D eigenvalue weighted by atomic mass is 10.1. The number of halogens is 3. The second kappa shape index (κ2) is 6.63. The molecule has 1 amide bonds. The Balaban J connectivity index is 1.67. The quantitative estimate of drug-likeness (QED) is 0.705. The topological polar surface area (TPSA) is 80.0 Å². The number of carbonyl (C=O) groups is 1. The zero-order valence-corrected chi connectivity index (χ0v) is 12.5. The van der Waals surface area contributed by atoms with Gasteiger partial charge in [0, 0.05) is 11.1 Å². The number of anilines is 1. The number of alkyl halides is 3. The molecular formula is C16H11F3N4O2. The molecule has 0 atom stereocenters. The first-order chi connectivity index (χ1) is 11.9. The summed E-state index contributed by atoms with van der Waals surface area (Å²) in [5, 5.41) is 3.28. The molecule has 0 spiro atoms. The summed E-state index contributed by atoms with van der Waals surface area (Å²) in [6, 6.07) is 14.8. The average molecular weight is 348 g/mol. The molecule has 0 aliphatic rings. The number of amides is 1. The third kappa shape index (κ3) is 3.94. The van der Waals surface area contributed by atoms with Crippen molar-refractivity contribution in [1.82, 2.24) is 15.6 Å². The van der Waals surface area contributed by atoms with Gasteiger partial charge in [-0.05, 0) is 24.3 Å². The SMILES string of the molecule is O=C(NNc1ccccc1)c1ccc(-c2noc(C(F)(F)F)n2)cc1. The maximum absolute atomic E-state index is 12.5. The minimum absolute atomic E-state index is 0.207. The zero-order chi connectivity index (χ0) is 17.9. The highest BCUT2D eigenvalue weighted by atomic mass is 19.4. The molecule has 1 heterocycles. The Bertz CT molecular complexity index is 861. The van der Waals surface area contributed by atoms with Crippen LogP contribution < -0.4 is 10.9 Å². The molecule has 2 aromatic carbocycles. The summed E-state index contributed by atoms with van der Waals surface area (Å²) < 4.78 is 41.5. The standard InChI is InChI=1S/C16H11F3N4O2/c17-16(18,19)15-20-13(23-25-15)10-6-8-11(9-7-10)14(24)22-21-12-4-2-1-3-5-12/h1-9,21H,(H,22,24). The second-order valence-electron chi connectivity index (χ2n) is 4.94. The van der Waals surface area contributed by atoms with Gasteiger partial charge in [0.2, 0.25) is 5.82 Å². The lowest BCUT2D eigenvalue weighted by molar-refractivity contribution is -0.159. The van der Waals surface area contributed by atoms with E-state index in [0.29, 0.717) is 16.8 Å². The van der Waals surface area contributed by atoms with Crippen molar-refractivity contribution in [1.29, 1.82) is 0 Å². The van der Waals surface area contributed by atoms with Crippen LogP contribution in [-0.2, 0) is 6.18 Å². The second-order valence-corrected chi connectivity index (χ2v) is 4.94. The molecule has 3 rings (SSSR count). The van der Waals surface area contributed by atoms with Crippen molar-refractivity contribution >= 4 is 11.6 Å². The van der Waals surface area contributed by atoms with E-state index in [0.717, 1.165) is 0 Å². The Hall–Kier alpha value is -3.36. The molecule has 25 heavy (non-hydrogen) atoms. The van der Waals surface area contributed by atoms with Crippen LogP contribution in [-0.4, -0.2) is 16.0 Å². The van der Waals surface area contributed by atoms with Crippen LogP contribution >= 0.6 is 0 Å². The van der Waals surface area contributed by atoms with E-state index in [1.54, 1.807) is 12.1 Å². The van der Waals surface area contributed by atoms with E-state index < -0.39 is 18.0 Å². The fourth-order valence-corrected chi connectivity index (χ4v) is 1.95. The Morgan fingerprint density at radius 1 is 1.00 bits per heavy atom. The van der Waals surface area contributed by atoms with Crippen LogP contribution in [0, 0.1) is 0 Å². The molecule has 0 unspecified atom stereocenters. The summed E-state index contributed by atoms with van der Waals surface area (Å²) in [7, 11) is 0. The van der Waals surface area contributed by atoms with Gasteiger partial charge in [0.15, 0.2) is 0 Å². The summed E-state index contributed by atoms with van der Waals surface area (Å²) in [4.78, 5) is 15.3. The van der Waals surface area contributed by atoms with Gasteiger partial charge in [-0.15, -0.1) is 0 Å². The van der Waals surface area contributed by atoms with E-state index in [4.69, 9.17) is 0 Å². The first-order valence-corrected chi connectivity index (χ1v) is 7.06. The van der Waals surface area contributed by atoms with E-state index in [1.807, 2.05) is 18.2 Å². The number of hydrazine groups is 1. The lowest BCUT2D eigenvalue weighted by Gasteiger charge is -2.08. The molecule has 0 radical (unpaired) electrons. The van der Waals surface area contributed by atoms with Gasteiger partial charge in [-0.25, -0.2) is 0 Å². The van der Waals surface area contributed by atoms with Crippen LogP contribution in [0.2, 0.25) is 0 Å². The predicted octanol–water partition coefficient (Wildman–Crippen LogP) is 3.51. The molecule has 0 fully saturated rings. The molecule has 0 aliphatic carbocycles. The zero-order valence-electron chi connectivity index (χ0n) is 12.5. The summed E-state index contributed by atoms with van der Waals surface area (Å²) in [6.07, 6.45) is -4.70. The number of hydrogen-bond acceptors (Lipinski definition) is 5. The third-order valence-corrected chi connectivity index (χ3v) is 3.17. The van der Waals surface area contributed by atoms with Crippen molar-refractivity contribution in [3.8, 4) is 11.4 Å². The smallest absolute Gasteiger partial charge is 0.329 e. The molecule has 0 aliphatic heterocycles. The van der Waals surface area contributed by atoms with Gasteiger partial charge in [0.1, 0.15) is 0 Å². The van der Waals surface area contributed by atoms with E-state index >= 15 is 0 Å². The lowest BCUT2D eigenvalue weighted by Crippen LogP contribution is -2.29. The number of rotatable bonds is 4. The molecule has 9 heteroatoms. The maximum Gasteiger partial charge on any atom is 0.471 e. The van der Waals surface area contributed by atoms with Crippen LogP contribution in [0.25, 0.3) is 11.4 Å². The molecule has 3 aromatic rings. The Labute approximate surface area is 139 Å². The monoisotopic (exact) mass is 348 g/mol. The highest BCUT2D eigenvalue weighted by Gasteiger charge is 2.38. The van der Waals surface area contributed by atoms with E-state index in [9.17, 15) is 18.0 Å². The van der Waals surface area contributed by atoms with E-state index in [-0.39, 0.29) is 5.82 Å².